The molecule has 0 atom stereocenters. The predicted octanol–water partition coefficient (Wildman–Crippen LogP) is 1.90. The number of aryl methyl sites for hydroxylation is 2. The van der Waals surface area contributed by atoms with Crippen molar-refractivity contribution in [3.05, 3.63) is 16.4 Å². The Morgan fingerprint density at radius 1 is 1.46 bits per heavy atom. The Balaban J connectivity index is 2.51. The van der Waals surface area contributed by atoms with Gasteiger partial charge < -0.3 is 0 Å². The van der Waals surface area contributed by atoms with Crippen LogP contribution in [0.25, 0.3) is 10.6 Å². The molecule has 0 spiro atoms. The molecule has 0 fully saturated rings. The number of nitrogens with zero attached hydrogens (tertiary/aromatic N) is 4. The molecule has 68 valence electrons. The van der Waals surface area contributed by atoms with Crippen LogP contribution in [-0.4, -0.2) is 20.0 Å². The minimum absolute atomic E-state index is 0.457. The number of halogens is 1. The molecular weight excluding hydrogens is 208 g/mol. The first kappa shape index (κ1) is 8.65. The van der Waals surface area contributed by atoms with Crippen LogP contribution >= 0.6 is 22.9 Å². The van der Waals surface area contributed by atoms with E-state index >= 15 is 0 Å². The zero-order chi connectivity index (χ0) is 9.42. The van der Waals surface area contributed by atoms with Gasteiger partial charge in [-0.2, -0.15) is 5.10 Å². The maximum Gasteiger partial charge on any atom is 0.207 e. The van der Waals surface area contributed by atoms with Crippen LogP contribution in [0, 0.1) is 6.92 Å². The highest BCUT2D eigenvalue weighted by atomic mass is 35.5. The molecule has 6 heteroatoms. The highest BCUT2D eigenvalue weighted by Crippen LogP contribution is 2.27. The number of aromatic nitrogens is 4. The first-order valence-corrected chi connectivity index (χ1v) is 4.86. The summed E-state index contributed by atoms with van der Waals surface area (Å²) >= 11 is 7.05. The van der Waals surface area contributed by atoms with Gasteiger partial charge in [0.2, 0.25) is 4.47 Å². The van der Waals surface area contributed by atoms with E-state index in [4.69, 9.17) is 11.6 Å². The summed E-state index contributed by atoms with van der Waals surface area (Å²) in [6, 6.07) is 0. The fourth-order valence-electron chi connectivity index (χ4n) is 1.12. The summed E-state index contributed by atoms with van der Waals surface area (Å²) in [7, 11) is 1.87. The lowest BCUT2D eigenvalue weighted by Crippen LogP contribution is -1.86. The van der Waals surface area contributed by atoms with Gasteiger partial charge in [-0.1, -0.05) is 11.3 Å². The number of hydrogen-bond acceptors (Lipinski definition) is 4. The zero-order valence-electron chi connectivity index (χ0n) is 7.15. The molecule has 0 saturated carbocycles. The average molecular weight is 215 g/mol. The van der Waals surface area contributed by atoms with E-state index in [9.17, 15) is 0 Å². The van der Waals surface area contributed by atoms with Crippen LogP contribution in [0.5, 0.6) is 0 Å². The lowest BCUT2D eigenvalue weighted by Gasteiger charge is -1.86. The van der Waals surface area contributed by atoms with Gasteiger partial charge in [0.05, 0.1) is 11.3 Å². The summed E-state index contributed by atoms with van der Waals surface area (Å²) in [5.41, 5.74) is 1.93. The average Bonchev–Trinajstić information content (AvgIpc) is 2.58. The molecule has 0 aliphatic carbocycles. The Kier molecular flexibility index (Phi) is 2.05. The summed E-state index contributed by atoms with van der Waals surface area (Å²) in [6.07, 6.45) is 1.91. The van der Waals surface area contributed by atoms with Gasteiger partial charge in [0.25, 0.3) is 0 Å². The second-order valence-corrected chi connectivity index (χ2v) is 4.22. The van der Waals surface area contributed by atoms with Gasteiger partial charge in [0.1, 0.15) is 0 Å². The van der Waals surface area contributed by atoms with Gasteiger partial charge in [-0.05, 0) is 18.5 Å². The standard InChI is InChI=1S/C7H7ClN4S/c1-4-5(3-12(2)11-4)6-9-10-7(8)13-6/h3H,1-2H3. The quantitative estimate of drug-likeness (QED) is 0.728. The van der Waals surface area contributed by atoms with Gasteiger partial charge in [-0.3, -0.25) is 4.68 Å². The minimum Gasteiger partial charge on any atom is -0.275 e. The summed E-state index contributed by atoms with van der Waals surface area (Å²) in [4.78, 5) is 0. The Morgan fingerprint density at radius 2 is 2.23 bits per heavy atom. The van der Waals surface area contributed by atoms with E-state index in [-0.39, 0.29) is 0 Å². The van der Waals surface area contributed by atoms with Crippen LogP contribution in [0.3, 0.4) is 0 Å². The Hall–Kier alpha value is -0.940. The minimum atomic E-state index is 0.457. The molecule has 2 rings (SSSR count). The lowest BCUT2D eigenvalue weighted by atomic mass is 10.3. The molecule has 0 aromatic carbocycles. The number of rotatable bonds is 1. The Labute approximate surface area is 84.2 Å². The SMILES string of the molecule is Cc1nn(C)cc1-c1nnc(Cl)s1. The molecule has 0 saturated heterocycles. The molecule has 4 nitrogen and oxygen atoms in total. The maximum atomic E-state index is 5.69. The maximum absolute atomic E-state index is 5.69. The van der Waals surface area contributed by atoms with Gasteiger partial charge >= 0.3 is 0 Å². The van der Waals surface area contributed by atoms with Crippen LogP contribution in [0.1, 0.15) is 5.69 Å². The summed E-state index contributed by atoms with van der Waals surface area (Å²) in [6.45, 7) is 1.94. The Morgan fingerprint density at radius 3 is 2.69 bits per heavy atom. The van der Waals surface area contributed by atoms with Gasteiger partial charge in [-0.25, -0.2) is 0 Å². The summed E-state index contributed by atoms with van der Waals surface area (Å²) < 4.78 is 2.21. The van der Waals surface area contributed by atoms with E-state index in [1.807, 2.05) is 20.2 Å². The third kappa shape index (κ3) is 1.57. The molecule has 0 bridgehead atoms. The van der Waals surface area contributed by atoms with Gasteiger partial charge in [0.15, 0.2) is 5.01 Å². The van der Waals surface area contributed by atoms with Crippen molar-refractivity contribution in [1.82, 2.24) is 20.0 Å². The second kappa shape index (κ2) is 3.08. The third-order valence-electron chi connectivity index (χ3n) is 1.64. The molecule has 0 radical (unpaired) electrons. The summed E-state index contributed by atoms with van der Waals surface area (Å²) in [5.74, 6) is 0. The van der Waals surface area contributed by atoms with E-state index in [2.05, 4.69) is 15.3 Å². The molecule has 2 aromatic rings. The van der Waals surface area contributed by atoms with Crippen LogP contribution < -0.4 is 0 Å². The molecule has 0 N–H and O–H groups in total. The van der Waals surface area contributed by atoms with Crippen molar-refractivity contribution in [2.75, 3.05) is 0 Å². The van der Waals surface area contributed by atoms with Crippen LogP contribution in [-0.2, 0) is 7.05 Å². The van der Waals surface area contributed by atoms with E-state index < -0.39 is 0 Å². The van der Waals surface area contributed by atoms with Crippen molar-refractivity contribution < 1.29 is 0 Å². The normalized spacial score (nSPS) is 10.7. The molecular formula is C7H7ClN4S. The smallest absolute Gasteiger partial charge is 0.207 e. The van der Waals surface area contributed by atoms with Crippen molar-refractivity contribution in [1.29, 1.82) is 0 Å². The fraction of sp³-hybridized carbons (Fsp3) is 0.286. The lowest BCUT2D eigenvalue weighted by molar-refractivity contribution is 0.756. The molecule has 0 unspecified atom stereocenters. The van der Waals surface area contributed by atoms with Crippen molar-refractivity contribution in [3.63, 3.8) is 0 Å². The fourth-order valence-corrected chi connectivity index (χ4v) is 2.01. The second-order valence-electron chi connectivity index (χ2n) is 2.66. The van der Waals surface area contributed by atoms with Crippen molar-refractivity contribution in [3.8, 4) is 10.6 Å². The highest BCUT2D eigenvalue weighted by molar-refractivity contribution is 7.18. The molecule has 13 heavy (non-hydrogen) atoms. The number of hydrogen-bond donors (Lipinski definition) is 0. The van der Waals surface area contributed by atoms with Gasteiger partial charge in [-0.15, -0.1) is 10.2 Å². The summed E-state index contributed by atoms with van der Waals surface area (Å²) in [5, 5.41) is 12.7. The van der Waals surface area contributed by atoms with Crippen LogP contribution in [0.4, 0.5) is 0 Å². The van der Waals surface area contributed by atoms with Crippen molar-refractivity contribution >= 4 is 22.9 Å². The first-order chi connectivity index (χ1) is 6.16. The Bertz CT molecular complexity index is 433. The first-order valence-electron chi connectivity index (χ1n) is 3.66. The van der Waals surface area contributed by atoms with Crippen LogP contribution in [0.15, 0.2) is 6.20 Å². The van der Waals surface area contributed by atoms with E-state index in [0.717, 1.165) is 16.3 Å². The highest BCUT2D eigenvalue weighted by Gasteiger charge is 2.10. The van der Waals surface area contributed by atoms with Crippen LogP contribution in [0.2, 0.25) is 4.47 Å². The van der Waals surface area contributed by atoms with E-state index in [0.29, 0.717) is 4.47 Å². The molecule has 0 aliphatic heterocycles. The molecule has 2 aromatic heterocycles. The molecule has 0 aliphatic rings. The van der Waals surface area contributed by atoms with Crippen molar-refractivity contribution in [2.24, 2.45) is 7.05 Å². The zero-order valence-corrected chi connectivity index (χ0v) is 8.72. The van der Waals surface area contributed by atoms with E-state index in [1.165, 1.54) is 11.3 Å². The molecule has 2 heterocycles. The monoisotopic (exact) mass is 214 g/mol. The molecule has 0 amide bonds. The largest absolute Gasteiger partial charge is 0.275 e. The van der Waals surface area contributed by atoms with E-state index in [1.54, 1.807) is 4.68 Å². The topological polar surface area (TPSA) is 43.6 Å². The van der Waals surface area contributed by atoms with Gasteiger partial charge in [0, 0.05) is 13.2 Å². The van der Waals surface area contributed by atoms with Crippen molar-refractivity contribution in [2.45, 2.75) is 6.92 Å². The third-order valence-corrected chi connectivity index (χ3v) is 2.70. The predicted molar refractivity (Wildman–Crippen MR) is 51.9 cm³/mol.